The Kier molecular flexibility index (Phi) is 7.61. The number of nitrogens with zero attached hydrogens (tertiary/aromatic N) is 6. The number of carbonyl (C=O) groups excluding carboxylic acids is 1. The van der Waals surface area contributed by atoms with E-state index in [0.29, 0.717) is 18.7 Å². The van der Waals surface area contributed by atoms with Crippen LogP contribution in [0.4, 0.5) is 11.5 Å². The predicted molar refractivity (Wildman–Crippen MR) is 133 cm³/mol. The highest BCUT2D eigenvalue weighted by molar-refractivity contribution is 7.99. The number of anilines is 1. The number of nitro benzene ring substituents is 1. The Morgan fingerprint density at radius 2 is 2.03 bits per heavy atom. The minimum absolute atomic E-state index is 0.0650. The summed E-state index contributed by atoms with van der Waals surface area (Å²) in [7, 11) is 0. The number of fused-ring (bicyclic) bond motifs is 1. The molecule has 1 aromatic carbocycles. The molecule has 2 aromatic heterocycles. The van der Waals surface area contributed by atoms with Crippen LogP contribution in [0.1, 0.15) is 48.5 Å². The smallest absolute Gasteiger partial charge is 0.273 e. The largest absolute Gasteiger partial charge is 0.356 e. The summed E-state index contributed by atoms with van der Waals surface area (Å²) >= 11 is 1.64. The standard InChI is InChI=1S/C23H29N7O3S/c1-3-13-34-23-26-20(28-10-5-4-6-11-28)18-15-25-29(21(18)27-23)12-9-24-22(31)17-8-7-16(2)19(14-17)30(32)33/h7-8,14-15H,3-6,9-13H2,1-2H3,(H,24,31). The number of piperidine rings is 1. The lowest BCUT2D eigenvalue weighted by Gasteiger charge is -2.28. The molecule has 1 amide bonds. The van der Waals surface area contributed by atoms with Gasteiger partial charge >= 0.3 is 0 Å². The number of nitrogens with one attached hydrogen (secondary N) is 1. The summed E-state index contributed by atoms with van der Waals surface area (Å²) in [5.74, 6) is 1.52. The Morgan fingerprint density at radius 3 is 2.76 bits per heavy atom. The summed E-state index contributed by atoms with van der Waals surface area (Å²) in [6.07, 6.45) is 6.39. The van der Waals surface area contributed by atoms with E-state index in [9.17, 15) is 14.9 Å². The van der Waals surface area contributed by atoms with Gasteiger partial charge in [-0.05, 0) is 38.7 Å². The van der Waals surface area contributed by atoms with Crippen LogP contribution in [0.3, 0.4) is 0 Å². The molecule has 0 atom stereocenters. The van der Waals surface area contributed by atoms with E-state index in [2.05, 4.69) is 22.2 Å². The maximum atomic E-state index is 12.6. The molecule has 1 aliphatic rings. The molecule has 0 aliphatic carbocycles. The average Bonchev–Trinajstić information content (AvgIpc) is 3.25. The molecule has 3 aromatic rings. The van der Waals surface area contributed by atoms with Crippen molar-refractivity contribution in [2.24, 2.45) is 0 Å². The Bertz CT molecular complexity index is 1190. The number of aryl methyl sites for hydroxylation is 1. The molecule has 11 heteroatoms. The van der Waals surface area contributed by atoms with Gasteiger partial charge in [0.15, 0.2) is 10.8 Å². The van der Waals surface area contributed by atoms with E-state index in [1.165, 1.54) is 12.5 Å². The van der Waals surface area contributed by atoms with Gasteiger partial charge < -0.3 is 10.2 Å². The van der Waals surface area contributed by atoms with Crippen molar-refractivity contribution in [3.8, 4) is 0 Å². The highest BCUT2D eigenvalue weighted by atomic mass is 32.2. The van der Waals surface area contributed by atoms with Crippen LogP contribution in [-0.4, -0.2) is 56.0 Å². The second-order valence-electron chi connectivity index (χ2n) is 8.35. The zero-order valence-corrected chi connectivity index (χ0v) is 20.3. The van der Waals surface area contributed by atoms with Crippen LogP contribution in [0, 0.1) is 17.0 Å². The van der Waals surface area contributed by atoms with E-state index in [4.69, 9.17) is 9.97 Å². The van der Waals surface area contributed by atoms with Crippen molar-refractivity contribution in [2.75, 3.05) is 30.3 Å². The molecule has 3 heterocycles. The lowest BCUT2D eigenvalue weighted by Crippen LogP contribution is -2.30. The van der Waals surface area contributed by atoms with E-state index < -0.39 is 4.92 Å². The Morgan fingerprint density at radius 1 is 1.24 bits per heavy atom. The summed E-state index contributed by atoms with van der Waals surface area (Å²) in [5, 5.41) is 20.2. The number of carbonyl (C=O) groups is 1. The molecular formula is C23H29N7O3S. The molecule has 180 valence electrons. The zero-order valence-electron chi connectivity index (χ0n) is 19.5. The first kappa shape index (κ1) is 23.9. The van der Waals surface area contributed by atoms with Gasteiger partial charge in [-0.2, -0.15) is 5.10 Å². The van der Waals surface area contributed by atoms with Crippen molar-refractivity contribution in [1.82, 2.24) is 25.1 Å². The number of nitro groups is 1. The zero-order chi connectivity index (χ0) is 24.1. The SMILES string of the molecule is CCCSc1nc(N2CCCCC2)c2cnn(CCNC(=O)c3ccc(C)c([N+](=O)[O-])c3)c2n1. The average molecular weight is 484 g/mol. The van der Waals surface area contributed by atoms with Gasteiger partial charge in [0.25, 0.3) is 11.6 Å². The molecule has 34 heavy (non-hydrogen) atoms. The van der Waals surface area contributed by atoms with Gasteiger partial charge in [0.1, 0.15) is 5.82 Å². The second-order valence-corrected chi connectivity index (χ2v) is 9.41. The van der Waals surface area contributed by atoms with Gasteiger partial charge in [-0.25, -0.2) is 14.6 Å². The number of hydrogen-bond acceptors (Lipinski definition) is 8. The van der Waals surface area contributed by atoms with Crippen LogP contribution in [0.2, 0.25) is 0 Å². The molecule has 0 bridgehead atoms. The van der Waals surface area contributed by atoms with Gasteiger partial charge in [0, 0.05) is 42.6 Å². The molecule has 0 spiro atoms. The van der Waals surface area contributed by atoms with E-state index in [1.54, 1.807) is 41.7 Å². The molecular weight excluding hydrogens is 454 g/mol. The number of hydrogen-bond donors (Lipinski definition) is 1. The third-order valence-electron chi connectivity index (χ3n) is 5.82. The van der Waals surface area contributed by atoms with Gasteiger partial charge in [0.2, 0.25) is 0 Å². The lowest BCUT2D eigenvalue weighted by molar-refractivity contribution is -0.385. The van der Waals surface area contributed by atoms with Gasteiger partial charge in [-0.3, -0.25) is 14.9 Å². The quantitative estimate of drug-likeness (QED) is 0.210. The highest BCUT2D eigenvalue weighted by Crippen LogP contribution is 2.29. The van der Waals surface area contributed by atoms with Crippen LogP contribution < -0.4 is 10.2 Å². The van der Waals surface area contributed by atoms with Crippen LogP contribution in [-0.2, 0) is 6.54 Å². The van der Waals surface area contributed by atoms with Gasteiger partial charge in [-0.1, -0.05) is 24.8 Å². The molecule has 1 fully saturated rings. The first-order chi connectivity index (χ1) is 16.5. The summed E-state index contributed by atoms with van der Waals surface area (Å²) in [4.78, 5) is 35.2. The van der Waals surface area contributed by atoms with Crippen molar-refractivity contribution in [2.45, 2.75) is 51.2 Å². The van der Waals surface area contributed by atoms with E-state index in [1.807, 2.05) is 0 Å². The number of benzene rings is 1. The minimum atomic E-state index is -0.476. The monoisotopic (exact) mass is 483 g/mol. The number of rotatable bonds is 9. The molecule has 1 saturated heterocycles. The third kappa shape index (κ3) is 5.30. The maximum absolute atomic E-state index is 12.6. The molecule has 4 rings (SSSR count). The van der Waals surface area contributed by atoms with Crippen molar-refractivity contribution in [1.29, 1.82) is 0 Å². The molecule has 1 N–H and O–H groups in total. The fourth-order valence-electron chi connectivity index (χ4n) is 4.01. The predicted octanol–water partition coefficient (Wildman–Crippen LogP) is 3.97. The normalized spacial score (nSPS) is 13.9. The van der Waals surface area contributed by atoms with E-state index in [-0.39, 0.29) is 17.2 Å². The van der Waals surface area contributed by atoms with Crippen molar-refractivity contribution in [3.05, 3.63) is 45.6 Å². The Labute approximate surface area is 202 Å². The van der Waals surface area contributed by atoms with Crippen LogP contribution in [0.25, 0.3) is 11.0 Å². The number of aromatic nitrogens is 4. The van der Waals surface area contributed by atoms with Crippen molar-refractivity contribution in [3.63, 3.8) is 0 Å². The summed E-state index contributed by atoms with van der Waals surface area (Å²) < 4.78 is 1.79. The fourth-order valence-corrected chi connectivity index (χ4v) is 4.70. The lowest BCUT2D eigenvalue weighted by atomic mass is 10.1. The summed E-state index contributed by atoms with van der Waals surface area (Å²) in [6.45, 7) is 6.49. The topological polar surface area (TPSA) is 119 Å². The van der Waals surface area contributed by atoms with Crippen LogP contribution in [0.5, 0.6) is 0 Å². The van der Waals surface area contributed by atoms with E-state index >= 15 is 0 Å². The van der Waals surface area contributed by atoms with Crippen molar-refractivity contribution >= 4 is 40.2 Å². The summed E-state index contributed by atoms with van der Waals surface area (Å²) in [6, 6.07) is 4.49. The first-order valence-electron chi connectivity index (χ1n) is 11.6. The number of amides is 1. The van der Waals surface area contributed by atoms with Crippen LogP contribution >= 0.6 is 11.8 Å². The molecule has 0 radical (unpaired) electrons. The van der Waals surface area contributed by atoms with Gasteiger partial charge in [0.05, 0.1) is 23.1 Å². The Hall–Kier alpha value is -3.21. The number of thioether (sulfide) groups is 1. The Balaban J connectivity index is 1.51. The molecule has 10 nitrogen and oxygen atoms in total. The maximum Gasteiger partial charge on any atom is 0.273 e. The highest BCUT2D eigenvalue weighted by Gasteiger charge is 2.20. The first-order valence-corrected chi connectivity index (χ1v) is 12.6. The molecule has 0 saturated carbocycles. The minimum Gasteiger partial charge on any atom is -0.356 e. The molecule has 0 unspecified atom stereocenters. The summed E-state index contributed by atoms with van der Waals surface area (Å²) in [5.41, 5.74) is 1.47. The van der Waals surface area contributed by atoms with E-state index in [0.717, 1.165) is 60.1 Å². The van der Waals surface area contributed by atoms with Gasteiger partial charge in [-0.15, -0.1) is 0 Å². The second kappa shape index (κ2) is 10.8. The fraction of sp³-hybridized carbons (Fsp3) is 0.478. The third-order valence-corrected chi connectivity index (χ3v) is 6.88. The molecule has 1 aliphatic heterocycles. The van der Waals surface area contributed by atoms with Crippen LogP contribution in [0.15, 0.2) is 29.6 Å². The van der Waals surface area contributed by atoms with Crippen molar-refractivity contribution < 1.29 is 9.72 Å².